The van der Waals surface area contributed by atoms with E-state index >= 15 is 0 Å². The first kappa shape index (κ1) is 31.5. The Hall–Kier alpha value is -4.05. The van der Waals surface area contributed by atoms with Gasteiger partial charge in [0, 0.05) is 13.1 Å². The Morgan fingerprint density at radius 2 is 1.41 bits per heavy atom. The summed E-state index contributed by atoms with van der Waals surface area (Å²) in [6.07, 6.45) is 1.10. The van der Waals surface area contributed by atoms with E-state index in [0.29, 0.717) is 30.2 Å². The van der Waals surface area contributed by atoms with E-state index in [1.54, 1.807) is 55.6 Å². The molecule has 0 heterocycles. The molecule has 0 bridgehead atoms. The number of carbonyl (C=O) groups is 2. The molecule has 1 N–H and O–H groups in total. The molecule has 9 nitrogen and oxygen atoms in total. The number of anilines is 1. The highest BCUT2D eigenvalue weighted by atomic mass is 32.2. The van der Waals surface area contributed by atoms with Gasteiger partial charge >= 0.3 is 0 Å². The lowest BCUT2D eigenvalue weighted by atomic mass is 10.1. The van der Waals surface area contributed by atoms with Gasteiger partial charge in [0.15, 0.2) is 0 Å². The Bertz CT molecular complexity index is 1390. The molecule has 0 saturated heterocycles. The van der Waals surface area contributed by atoms with Crippen molar-refractivity contribution in [2.45, 2.75) is 51.1 Å². The molecule has 2 amide bonds. The van der Waals surface area contributed by atoms with Crippen molar-refractivity contribution < 1.29 is 27.5 Å². The molecule has 1 atom stereocenters. The van der Waals surface area contributed by atoms with E-state index in [1.165, 1.54) is 24.1 Å². The van der Waals surface area contributed by atoms with Gasteiger partial charge in [-0.3, -0.25) is 13.9 Å². The Balaban J connectivity index is 2.04. The van der Waals surface area contributed by atoms with Crippen LogP contribution >= 0.6 is 0 Å². The predicted octanol–water partition coefficient (Wildman–Crippen LogP) is 4.54. The summed E-state index contributed by atoms with van der Waals surface area (Å²) in [6, 6.07) is 19.3. The highest BCUT2D eigenvalue weighted by Crippen LogP contribution is 2.27. The molecule has 0 aromatic heterocycles. The summed E-state index contributed by atoms with van der Waals surface area (Å²) in [6.45, 7) is 5.73. The number of hydrogen-bond donors (Lipinski definition) is 1. The molecule has 3 aromatic carbocycles. The number of carbonyl (C=O) groups excluding carboxylic acids is 2. The van der Waals surface area contributed by atoms with E-state index < -0.39 is 28.5 Å². The number of nitrogens with one attached hydrogen (secondary N) is 1. The standard InChI is InChI=1S/C31H39N3O6S/c1-6-20-32-31(36)29(7-2)33(21-24-10-14-26(39-4)15-11-24)30(35)22-34(25-12-16-27(40-5)17-13-25)41(37,38)28-18-8-23(3)9-19-28/h8-19,29H,6-7,20-22H2,1-5H3,(H,32,36). The number of amides is 2. The fourth-order valence-electron chi connectivity index (χ4n) is 4.33. The molecule has 41 heavy (non-hydrogen) atoms. The average Bonchev–Trinajstić information content (AvgIpc) is 2.99. The number of methoxy groups -OCH3 is 2. The number of rotatable bonds is 14. The lowest BCUT2D eigenvalue weighted by Crippen LogP contribution is -2.52. The minimum absolute atomic E-state index is 0.0566. The number of aryl methyl sites for hydroxylation is 1. The van der Waals surface area contributed by atoms with E-state index in [0.717, 1.165) is 21.9 Å². The molecule has 0 aliphatic heterocycles. The molecular formula is C31H39N3O6S. The average molecular weight is 582 g/mol. The number of ether oxygens (including phenoxy) is 2. The van der Waals surface area contributed by atoms with Crippen LogP contribution in [0.4, 0.5) is 5.69 Å². The van der Waals surface area contributed by atoms with E-state index in [-0.39, 0.29) is 17.3 Å². The molecule has 10 heteroatoms. The van der Waals surface area contributed by atoms with Crippen LogP contribution in [0.5, 0.6) is 11.5 Å². The molecule has 3 rings (SSSR count). The van der Waals surface area contributed by atoms with E-state index in [9.17, 15) is 18.0 Å². The minimum atomic E-state index is -4.14. The minimum Gasteiger partial charge on any atom is -0.497 e. The molecule has 220 valence electrons. The quantitative estimate of drug-likeness (QED) is 0.300. The zero-order valence-electron chi connectivity index (χ0n) is 24.3. The molecule has 0 saturated carbocycles. The van der Waals surface area contributed by atoms with Crippen LogP contribution in [-0.4, -0.2) is 58.5 Å². The van der Waals surface area contributed by atoms with E-state index in [2.05, 4.69) is 5.32 Å². The van der Waals surface area contributed by atoms with Crippen LogP contribution in [-0.2, 0) is 26.2 Å². The number of nitrogens with zero attached hydrogens (tertiary/aromatic N) is 2. The topological polar surface area (TPSA) is 105 Å². The van der Waals surface area contributed by atoms with Gasteiger partial charge in [-0.2, -0.15) is 0 Å². The first-order chi connectivity index (χ1) is 19.6. The SMILES string of the molecule is CCCNC(=O)C(CC)N(Cc1ccc(OC)cc1)C(=O)CN(c1ccc(OC)cc1)S(=O)(=O)c1ccc(C)cc1. The second-order valence-corrected chi connectivity index (χ2v) is 11.5. The maximum Gasteiger partial charge on any atom is 0.264 e. The number of sulfonamides is 1. The first-order valence-electron chi connectivity index (χ1n) is 13.6. The van der Waals surface area contributed by atoms with Crippen LogP contribution in [0.3, 0.4) is 0 Å². The number of hydrogen-bond acceptors (Lipinski definition) is 6. The third-order valence-electron chi connectivity index (χ3n) is 6.70. The highest BCUT2D eigenvalue weighted by molar-refractivity contribution is 7.92. The summed E-state index contributed by atoms with van der Waals surface area (Å²) >= 11 is 0. The van der Waals surface area contributed by atoms with Crippen molar-refractivity contribution in [3.05, 3.63) is 83.9 Å². The van der Waals surface area contributed by atoms with Gasteiger partial charge in [0.05, 0.1) is 24.8 Å². The van der Waals surface area contributed by atoms with E-state index in [4.69, 9.17) is 9.47 Å². The van der Waals surface area contributed by atoms with Gasteiger partial charge in [0.1, 0.15) is 24.1 Å². The van der Waals surface area contributed by atoms with Gasteiger partial charge in [-0.05, 0) is 73.9 Å². The molecule has 3 aromatic rings. The van der Waals surface area contributed by atoms with Gasteiger partial charge in [-0.15, -0.1) is 0 Å². The molecular weight excluding hydrogens is 542 g/mol. The summed E-state index contributed by atoms with van der Waals surface area (Å²) in [5.74, 6) is 0.418. The monoisotopic (exact) mass is 581 g/mol. The highest BCUT2D eigenvalue weighted by Gasteiger charge is 2.33. The molecule has 0 aliphatic rings. The van der Waals surface area contributed by atoms with Gasteiger partial charge in [0.2, 0.25) is 11.8 Å². The van der Waals surface area contributed by atoms with Gasteiger partial charge in [0.25, 0.3) is 10.0 Å². The fourth-order valence-corrected chi connectivity index (χ4v) is 5.74. The van der Waals surface area contributed by atoms with Gasteiger partial charge < -0.3 is 19.7 Å². The molecule has 0 radical (unpaired) electrons. The lowest BCUT2D eigenvalue weighted by molar-refractivity contribution is -0.140. The van der Waals surface area contributed by atoms with Crippen LogP contribution in [0.25, 0.3) is 0 Å². The normalized spacial score (nSPS) is 11.8. The summed E-state index contributed by atoms with van der Waals surface area (Å²) in [4.78, 5) is 28.8. The Morgan fingerprint density at radius 3 is 1.93 bits per heavy atom. The lowest BCUT2D eigenvalue weighted by Gasteiger charge is -2.33. The Morgan fingerprint density at radius 1 is 0.854 bits per heavy atom. The van der Waals surface area contributed by atoms with Crippen LogP contribution in [0.15, 0.2) is 77.7 Å². The van der Waals surface area contributed by atoms with Crippen LogP contribution in [0.2, 0.25) is 0 Å². The zero-order valence-corrected chi connectivity index (χ0v) is 25.1. The third-order valence-corrected chi connectivity index (χ3v) is 8.48. The maximum absolute atomic E-state index is 14.1. The second-order valence-electron chi connectivity index (χ2n) is 9.61. The number of benzene rings is 3. The first-order valence-corrected chi connectivity index (χ1v) is 15.0. The van der Waals surface area contributed by atoms with Gasteiger partial charge in [-0.25, -0.2) is 8.42 Å². The summed E-state index contributed by atoms with van der Waals surface area (Å²) in [5, 5.41) is 2.88. The summed E-state index contributed by atoms with van der Waals surface area (Å²) in [5.41, 5.74) is 1.98. The van der Waals surface area contributed by atoms with Crippen molar-refractivity contribution in [3.63, 3.8) is 0 Å². The fraction of sp³-hybridized carbons (Fsp3) is 0.355. The van der Waals surface area contributed by atoms with Crippen molar-refractivity contribution in [1.29, 1.82) is 0 Å². The van der Waals surface area contributed by atoms with Gasteiger partial charge in [-0.1, -0.05) is 43.7 Å². The van der Waals surface area contributed by atoms with Crippen molar-refractivity contribution in [3.8, 4) is 11.5 Å². The van der Waals surface area contributed by atoms with Crippen molar-refractivity contribution in [2.24, 2.45) is 0 Å². The van der Waals surface area contributed by atoms with Crippen molar-refractivity contribution >= 4 is 27.5 Å². The smallest absolute Gasteiger partial charge is 0.264 e. The maximum atomic E-state index is 14.1. The van der Waals surface area contributed by atoms with Crippen LogP contribution < -0.4 is 19.1 Å². The molecule has 0 aliphatic carbocycles. The van der Waals surface area contributed by atoms with Crippen LogP contribution in [0.1, 0.15) is 37.8 Å². The predicted molar refractivity (Wildman–Crippen MR) is 160 cm³/mol. The second kappa shape index (κ2) is 14.5. The largest absolute Gasteiger partial charge is 0.497 e. The summed E-state index contributed by atoms with van der Waals surface area (Å²) in [7, 11) is -1.05. The molecule has 1 unspecified atom stereocenters. The van der Waals surface area contributed by atoms with Crippen molar-refractivity contribution in [2.75, 3.05) is 31.6 Å². The van der Waals surface area contributed by atoms with Crippen LogP contribution in [0, 0.1) is 6.92 Å². The Labute approximate surface area is 243 Å². The van der Waals surface area contributed by atoms with E-state index in [1.807, 2.05) is 32.9 Å². The zero-order chi connectivity index (χ0) is 30.0. The molecule has 0 spiro atoms. The third kappa shape index (κ3) is 8.00. The molecule has 0 fully saturated rings. The summed E-state index contributed by atoms with van der Waals surface area (Å²) < 4.78 is 39.4. The van der Waals surface area contributed by atoms with Crippen molar-refractivity contribution in [1.82, 2.24) is 10.2 Å². The Kier molecular flexibility index (Phi) is 11.2.